The summed E-state index contributed by atoms with van der Waals surface area (Å²) < 4.78 is 0. The minimum Gasteiger partial charge on any atom is -0.338 e. The second kappa shape index (κ2) is 7.28. The Morgan fingerprint density at radius 1 is 1.17 bits per heavy atom. The predicted molar refractivity (Wildman–Crippen MR) is 91.3 cm³/mol. The molecule has 5 nitrogen and oxygen atoms in total. The molecule has 120 valence electrons. The number of hydrogen-bond acceptors (Lipinski definition) is 3. The van der Waals surface area contributed by atoms with Crippen molar-refractivity contribution in [2.75, 3.05) is 11.9 Å². The van der Waals surface area contributed by atoms with Gasteiger partial charge in [0.1, 0.15) is 0 Å². The van der Waals surface area contributed by atoms with Crippen LogP contribution in [0.4, 0.5) is 10.5 Å². The summed E-state index contributed by atoms with van der Waals surface area (Å²) in [4.78, 5) is 25.3. The molecule has 1 aromatic carbocycles. The first kappa shape index (κ1) is 15.6. The van der Waals surface area contributed by atoms with Gasteiger partial charge in [-0.1, -0.05) is 24.3 Å². The van der Waals surface area contributed by atoms with Crippen LogP contribution >= 0.6 is 11.3 Å². The van der Waals surface area contributed by atoms with E-state index in [0.717, 1.165) is 29.8 Å². The number of nitrogens with one attached hydrogen (secondary N) is 2. The largest absolute Gasteiger partial charge is 0.338 e. The molecule has 0 unspecified atom stereocenters. The third-order valence-corrected chi connectivity index (χ3v) is 4.48. The van der Waals surface area contributed by atoms with Crippen LogP contribution in [0.3, 0.4) is 0 Å². The topological polar surface area (TPSA) is 61.4 Å². The lowest BCUT2D eigenvalue weighted by Gasteiger charge is -2.15. The Morgan fingerprint density at radius 3 is 2.61 bits per heavy atom. The highest BCUT2D eigenvalue weighted by Gasteiger charge is 2.19. The molecule has 1 aliphatic heterocycles. The monoisotopic (exact) mass is 329 g/mol. The summed E-state index contributed by atoms with van der Waals surface area (Å²) >= 11 is 1.54. The van der Waals surface area contributed by atoms with Crippen LogP contribution in [0.2, 0.25) is 0 Å². The van der Waals surface area contributed by atoms with Gasteiger partial charge in [0.05, 0.1) is 5.69 Å². The van der Waals surface area contributed by atoms with E-state index in [2.05, 4.69) is 10.6 Å². The lowest BCUT2D eigenvalue weighted by Crippen LogP contribution is -2.28. The standard InChI is InChI=1S/C17H19N3O2S/c21-16-2-1-8-20(16)11-14-5-3-13(4-6-14)10-18-17(22)19-15-7-9-23-12-15/h3-7,9,12H,1-2,8,10-11H2,(H2,18,19,22). The molecule has 2 heterocycles. The van der Waals surface area contributed by atoms with Crippen LogP contribution in [0, 0.1) is 0 Å². The maximum atomic E-state index is 11.8. The van der Waals surface area contributed by atoms with Crippen molar-refractivity contribution in [1.29, 1.82) is 0 Å². The van der Waals surface area contributed by atoms with Crippen LogP contribution in [0.25, 0.3) is 0 Å². The number of carbonyl (C=O) groups is 2. The van der Waals surface area contributed by atoms with E-state index in [9.17, 15) is 9.59 Å². The molecule has 23 heavy (non-hydrogen) atoms. The van der Waals surface area contributed by atoms with E-state index in [1.165, 1.54) is 0 Å². The SMILES string of the molecule is O=C(NCc1ccc(CN2CCCC2=O)cc1)Nc1ccsc1. The first-order valence-corrected chi connectivity index (χ1v) is 8.57. The molecule has 1 aromatic heterocycles. The molecular weight excluding hydrogens is 310 g/mol. The molecule has 1 fully saturated rings. The van der Waals surface area contributed by atoms with Gasteiger partial charge in [-0.2, -0.15) is 11.3 Å². The maximum Gasteiger partial charge on any atom is 0.319 e. The van der Waals surface area contributed by atoms with Crippen LogP contribution in [0.1, 0.15) is 24.0 Å². The van der Waals surface area contributed by atoms with E-state index in [1.807, 2.05) is 46.0 Å². The van der Waals surface area contributed by atoms with Gasteiger partial charge < -0.3 is 15.5 Å². The van der Waals surface area contributed by atoms with Crippen LogP contribution in [0.5, 0.6) is 0 Å². The Balaban J connectivity index is 1.47. The number of likely N-dealkylation sites (tertiary alicyclic amines) is 1. The van der Waals surface area contributed by atoms with Gasteiger partial charge in [-0.3, -0.25) is 4.79 Å². The zero-order valence-corrected chi connectivity index (χ0v) is 13.6. The molecule has 2 N–H and O–H groups in total. The maximum absolute atomic E-state index is 11.8. The van der Waals surface area contributed by atoms with E-state index >= 15 is 0 Å². The van der Waals surface area contributed by atoms with Crippen molar-refractivity contribution < 1.29 is 9.59 Å². The summed E-state index contributed by atoms with van der Waals surface area (Å²) in [5.41, 5.74) is 2.95. The van der Waals surface area contributed by atoms with Crippen molar-refractivity contribution in [3.8, 4) is 0 Å². The number of benzene rings is 1. The molecule has 1 aliphatic rings. The van der Waals surface area contributed by atoms with Crippen molar-refractivity contribution in [1.82, 2.24) is 10.2 Å². The summed E-state index contributed by atoms with van der Waals surface area (Å²) in [7, 11) is 0. The first-order chi connectivity index (χ1) is 11.2. The number of urea groups is 1. The third kappa shape index (κ3) is 4.32. The third-order valence-electron chi connectivity index (χ3n) is 3.80. The summed E-state index contributed by atoms with van der Waals surface area (Å²) in [6, 6.07) is 9.65. The normalized spacial score (nSPS) is 14.1. The quantitative estimate of drug-likeness (QED) is 0.885. The average molecular weight is 329 g/mol. The molecule has 0 spiro atoms. The molecule has 2 aromatic rings. The molecule has 0 bridgehead atoms. The van der Waals surface area contributed by atoms with Crippen molar-refractivity contribution >= 4 is 29.0 Å². The van der Waals surface area contributed by atoms with Crippen molar-refractivity contribution in [2.24, 2.45) is 0 Å². The first-order valence-electron chi connectivity index (χ1n) is 7.63. The van der Waals surface area contributed by atoms with E-state index in [0.29, 0.717) is 19.5 Å². The van der Waals surface area contributed by atoms with Crippen LogP contribution in [-0.4, -0.2) is 23.4 Å². The summed E-state index contributed by atoms with van der Waals surface area (Å²) in [5, 5.41) is 9.40. The summed E-state index contributed by atoms with van der Waals surface area (Å²) in [6.07, 6.45) is 1.63. The van der Waals surface area contributed by atoms with Crippen LogP contribution in [0.15, 0.2) is 41.1 Å². The highest BCUT2D eigenvalue weighted by atomic mass is 32.1. The van der Waals surface area contributed by atoms with Gasteiger partial charge in [0.15, 0.2) is 0 Å². The molecule has 6 heteroatoms. The van der Waals surface area contributed by atoms with Crippen LogP contribution in [-0.2, 0) is 17.9 Å². The van der Waals surface area contributed by atoms with Gasteiger partial charge in [-0.15, -0.1) is 0 Å². The van der Waals surface area contributed by atoms with Gasteiger partial charge in [0.2, 0.25) is 5.91 Å². The van der Waals surface area contributed by atoms with Gasteiger partial charge in [0.25, 0.3) is 0 Å². The van der Waals surface area contributed by atoms with Gasteiger partial charge in [-0.25, -0.2) is 4.79 Å². The number of rotatable bonds is 5. The number of amides is 3. The summed E-state index contributed by atoms with van der Waals surface area (Å²) in [5.74, 6) is 0.237. The highest BCUT2D eigenvalue weighted by molar-refractivity contribution is 7.08. The van der Waals surface area contributed by atoms with Crippen molar-refractivity contribution in [2.45, 2.75) is 25.9 Å². The average Bonchev–Trinajstić information content (AvgIpc) is 3.19. The fraction of sp³-hybridized carbons (Fsp3) is 0.294. The Bertz CT molecular complexity index is 668. The molecule has 0 radical (unpaired) electrons. The van der Waals surface area contributed by atoms with Crippen molar-refractivity contribution in [3.63, 3.8) is 0 Å². The molecule has 3 amide bonds. The lowest BCUT2D eigenvalue weighted by molar-refractivity contribution is -0.128. The molecule has 0 aliphatic carbocycles. The Labute approximate surface area is 139 Å². The number of nitrogens with zero attached hydrogens (tertiary/aromatic N) is 1. The Kier molecular flexibility index (Phi) is 4.92. The minimum absolute atomic E-state index is 0.213. The van der Waals surface area contributed by atoms with Crippen LogP contribution < -0.4 is 10.6 Å². The fourth-order valence-corrected chi connectivity index (χ4v) is 3.14. The Hall–Kier alpha value is -2.34. The predicted octanol–water partition coefficient (Wildman–Crippen LogP) is 3.19. The second-order valence-electron chi connectivity index (χ2n) is 5.56. The molecule has 0 saturated carbocycles. The minimum atomic E-state index is -0.213. The highest BCUT2D eigenvalue weighted by Crippen LogP contribution is 2.15. The Morgan fingerprint density at radius 2 is 1.96 bits per heavy atom. The number of carbonyl (C=O) groups excluding carboxylic acids is 2. The van der Waals surface area contributed by atoms with Gasteiger partial charge in [-0.05, 0) is 29.0 Å². The van der Waals surface area contributed by atoms with E-state index in [-0.39, 0.29) is 11.9 Å². The van der Waals surface area contributed by atoms with E-state index in [1.54, 1.807) is 11.3 Å². The van der Waals surface area contributed by atoms with Gasteiger partial charge in [0, 0.05) is 31.4 Å². The number of thiophene rings is 1. The molecule has 0 atom stereocenters. The molecule has 3 rings (SSSR count). The smallest absolute Gasteiger partial charge is 0.319 e. The lowest BCUT2D eigenvalue weighted by atomic mass is 10.1. The van der Waals surface area contributed by atoms with E-state index < -0.39 is 0 Å². The summed E-state index contributed by atoms with van der Waals surface area (Å²) in [6.45, 7) is 2.00. The number of hydrogen-bond donors (Lipinski definition) is 2. The van der Waals surface area contributed by atoms with Crippen molar-refractivity contribution in [3.05, 3.63) is 52.2 Å². The molecule has 1 saturated heterocycles. The zero-order valence-electron chi connectivity index (χ0n) is 12.7. The second-order valence-corrected chi connectivity index (χ2v) is 6.34. The number of anilines is 1. The van der Waals surface area contributed by atoms with Gasteiger partial charge >= 0.3 is 6.03 Å². The van der Waals surface area contributed by atoms with E-state index in [4.69, 9.17) is 0 Å². The molecular formula is C17H19N3O2S. The fourth-order valence-electron chi connectivity index (χ4n) is 2.55. The zero-order chi connectivity index (χ0) is 16.1.